The first-order chi connectivity index (χ1) is 9.45. The number of nitrogens with zero attached hydrogens (tertiary/aromatic N) is 2. The first-order valence-corrected chi connectivity index (χ1v) is 7.06. The van der Waals surface area contributed by atoms with Crippen LogP contribution in [0.15, 0.2) is 0 Å². The minimum absolute atomic E-state index is 0.216. The standard InChI is InChI=1S/C11H20N6O2S/c1-3-6-17(2)11-16-8(12)7(20-11)9(18)14-4-5-15-10(13)19/h3-6,12H2,1-2H3,(H,14,18)(H3,13,15,19). The average molecular weight is 300 g/mol. The van der Waals surface area contributed by atoms with Gasteiger partial charge in [0.25, 0.3) is 5.91 Å². The van der Waals surface area contributed by atoms with E-state index in [4.69, 9.17) is 11.5 Å². The molecule has 0 unspecified atom stereocenters. The lowest BCUT2D eigenvalue weighted by Gasteiger charge is -2.13. The highest BCUT2D eigenvalue weighted by Crippen LogP contribution is 2.27. The Morgan fingerprint density at radius 1 is 1.35 bits per heavy atom. The zero-order valence-electron chi connectivity index (χ0n) is 11.6. The van der Waals surface area contributed by atoms with Crippen molar-refractivity contribution in [2.24, 2.45) is 5.73 Å². The number of rotatable bonds is 7. The third-order valence-electron chi connectivity index (χ3n) is 2.44. The highest BCUT2D eigenvalue weighted by atomic mass is 32.1. The number of aromatic nitrogens is 1. The summed E-state index contributed by atoms with van der Waals surface area (Å²) < 4.78 is 0. The van der Waals surface area contributed by atoms with Gasteiger partial charge in [0.15, 0.2) is 5.13 Å². The number of urea groups is 1. The van der Waals surface area contributed by atoms with E-state index in [1.807, 2.05) is 11.9 Å². The van der Waals surface area contributed by atoms with Crippen LogP contribution in [0.3, 0.4) is 0 Å². The molecule has 0 aliphatic carbocycles. The fraction of sp³-hybridized carbons (Fsp3) is 0.545. The van der Waals surface area contributed by atoms with Crippen LogP contribution < -0.4 is 27.0 Å². The lowest BCUT2D eigenvalue weighted by molar-refractivity contribution is 0.0958. The fourth-order valence-corrected chi connectivity index (χ4v) is 2.41. The largest absolute Gasteiger partial charge is 0.382 e. The van der Waals surface area contributed by atoms with Gasteiger partial charge in [0.05, 0.1) is 0 Å². The van der Waals surface area contributed by atoms with Crippen LogP contribution in [0.25, 0.3) is 0 Å². The van der Waals surface area contributed by atoms with Crippen molar-refractivity contribution in [3.63, 3.8) is 0 Å². The monoisotopic (exact) mass is 300 g/mol. The van der Waals surface area contributed by atoms with Gasteiger partial charge in [0, 0.05) is 26.7 Å². The Hall–Kier alpha value is -2.03. The molecule has 0 saturated carbocycles. The summed E-state index contributed by atoms with van der Waals surface area (Å²) >= 11 is 1.25. The number of carbonyl (C=O) groups excluding carboxylic acids is 2. The molecule has 20 heavy (non-hydrogen) atoms. The van der Waals surface area contributed by atoms with Crippen molar-refractivity contribution in [3.8, 4) is 0 Å². The molecule has 1 aromatic rings. The van der Waals surface area contributed by atoms with Crippen molar-refractivity contribution in [1.29, 1.82) is 0 Å². The van der Waals surface area contributed by atoms with Crippen molar-refractivity contribution in [1.82, 2.24) is 15.6 Å². The molecule has 1 heterocycles. The molecular formula is C11H20N6O2S. The van der Waals surface area contributed by atoms with Gasteiger partial charge in [-0.15, -0.1) is 0 Å². The van der Waals surface area contributed by atoms with E-state index in [2.05, 4.69) is 22.5 Å². The summed E-state index contributed by atoms with van der Waals surface area (Å²) in [6, 6.07) is -0.625. The van der Waals surface area contributed by atoms with Crippen LogP contribution in [0.2, 0.25) is 0 Å². The van der Waals surface area contributed by atoms with Gasteiger partial charge in [0.2, 0.25) is 0 Å². The highest BCUT2D eigenvalue weighted by Gasteiger charge is 2.17. The minimum atomic E-state index is -0.625. The van der Waals surface area contributed by atoms with E-state index in [9.17, 15) is 9.59 Å². The van der Waals surface area contributed by atoms with E-state index in [1.165, 1.54) is 11.3 Å². The topological polar surface area (TPSA) is 126 Å². The number of primary amides is 1. The second-order valence-corrected chi connectivity index (χ2v) is 5.16. The van der Waals surface area contributed by atoms with E-state index in [1.54, 1.807) is 0 Å². The molecule has 0 fully saturated rings. The quantitative estimate of drug-likeness (QED) is 0.526. The van der Waals surface area contributed by atoms with E-state index >= 15 is 0 Å². The Labute approximate surface area is 121 Å². The molecule has 1 rings (SSSR count). The Balaban J connectivity index is 2.57. The highest BCUT2D eigenvalue weighted by molar-refractivity contribution is 7.18. The lowest BCUT2D eigenvalue weighted by Crippen LogP contribution is -2.37. The van der Waals surface area contributed by atoms with Crippen molar-refractivity contribution < 1.29 is 9.59 Å². The number of hydrogen-bond acceptors (Lipinski definition) is 6. The summed E-state index contributed by atoms with van der Waals surface area (Å²) in [5.74, 6) is -0.0873. The van der Waals surface area contributed by atoms with Crippen LogP contribution >= 0.6 is 11.3 Å². The molecule has 0 aliphatic heterocycles. The first-order valence-electron chi connectivity index (χ1n) is 6.24. The SMILES string of the molecule is CCCN(C)c1nc(N)c(C(=O)NCCNC(N)=O)s1. The van der Waals surface area contributed by atoms with Crippen molar-refractivity contribution >= 4 is 34.2 Å². The fourth-order valence-electron chi connectivity index (χ4n) is 1.52. The van der Waals surface area contributed by atoms with Gasteiger partial charge in [-0.05, 0) is 6.42 Å². The van der Waals surface area contributed by atoms with Crippen LogP contribution in [0.1, 0.15) is 23.0 Å². The summed E-state index contributed by atoms with van der Waals surface area (Å²) in [5, 5.41) is 5.73. The Bertz CT molecular complexity index is 475. The molecular weight excluding hydrogens is 280 g/mol. The van der Waals surface area contributed by atoms with Gasteiger partial charge in [0.1, 0.15) is 10.7 Å². The molecule has 8 nitrogen and oxygen atoms in total. The van der Waals surface area contributed by atoms with Gasteiger partial charge >= 0.3 is 6.03 Å². The number of anilines is 2. The van der Waals surface area contributed by atoms with Crippen LogP contribution in [0.5, 0.6) is 0 Å². The van der Waals surface area contributed by atoms with Crippen LogP contribution in [-0.2, 0) is 0 Å². The summed E-state index contributed by atoms with van der Waals surface area (Å²) in [4.78, 5) is 28.9. The molecule has 0 saturated heterocycles. The molecule has 0 spiro atoms. The number of amides is 3. The Morgan fingerprint density at radius 3 is 2.60 bits per heavy atom. The molecule has 0 bridgehead atoms. The maximum atomic E-state index is 11.9. The van der Waals surface area contributed by atoms with Crippen LogP contribution in [0, 0.1) is 0 Å². The van der Waals surface area contributed by atoms with Crippen LogP contribution in [0.4, 0.5) is 15.7 Å². The summed E-state index contributed by atoms with van der Waals surface area (Å²) in [6.45, 7) is 3.45. The molecule has 112 valence electrons. The normalized spacial score (nSPS) is 10.1. The van der Waals surface area contributed by atoms with Crippen molar-refractivity contribution in [2.75, 3.05) is 37.3 Å². The summed E-state index contributed by atoms with van der Waals surface area (Å²) in [5.41, 5.74) is 10.7. The Kier molecular flexibility index (Phi) is 6.04. The van der Waals surface area contributed by atoms with Gasteiger partial charge in [-0.25, -0.2) is 9.78 Å². The van der Waals surface area contributed by atoms with Crippen molar-refractivity contribution in [2.45, 2.75) is 13.3 Å². The zero-order valence-corrected chi connectivity index (χ0v) is 12.4. The molecule has 0 atom stereocenters. The van der Waals surface area contributed by atoms with Crippen LogP contribution in [-0.4, -0.2) is 43.6 Å². The Morgan fingerprint density at radius 2 is 2.00 bits per heavy atom. The van der Waals surface area contributed by atoms with Gasteiger partial charge in [-0.1, -0.05) is 18.3 Å². The van der Waals surface area contributed by atoms with E-state index < -0.39 is 6.03 Å². The minimum Gasteiger partial charge on any atom is -0.382 e. The van der Waals surface area contributed by atoms with Gasteiger partial charge < -0.3 is 27.0 Å². The lowest BCUT2D eigenvalue weighted by atomic mass is 10.4. The summed E-state index contributed by atoms with van der Waals surface area (Å²) in [6.07, 6.45) is 0.982. The molecule has 0 aliphatic rings. The number of thiazole rings is 1. The maximum Gasteiger partial charge on any atom is 0.312 e. The second-order valence-electron chi connectivity index (χ2n) is 4.18. The van der Waals surface area contributed by atoms with E-state index in [0.29, 0.717) is 10.0 Å². The third kappa shape index (κ3) is 4.57. The number of carbonyl (C=O) groups is 2. The molecule has 0 aromatic carbocycles. The maximum absolute atomic E-state index is 11.9. The molecule has 0 radical (unpaired) electrons. The third-order valence-corrected chi connectivity index (χ3v) is 3.63. The first kappa shape index (κ1) is 16.0. The predicted molar refractivity (Wildman–Crippen MR) is 80.0 cm³/mol. The second kappa shape index (κ2) is 7.53. The molecule has 1 aromatic heterocycles. The van der Waals surface area contributed by atoms with Crippen molar-refractivity contribution in [3.05, 3.63) is 4.88 Å². The van der Waals surface area contributed by atoms with E-state index in [-0.39, 0.29) is 24.8 Å². The molecule has 6 N–H and O–H groups in total. The predicted octanol–water partition coefficient (Wildman–Crippen LogP) is -0.0304. The zero-order chi connectivity index (χ0) is 15.1. The smallest absolute Gasteiger partial charge is 0.312 e. The number of nitrogen functional groups attached to an aromatic ring is 1. The number of hydrogen-bond donors (Lipinski definition) is 4. The average Bonchev–Trinajstić information content (AvgIpc) is 2.77. The molecule has 9 heteroatoms. The summed E-state index contributed by atoms with van der Waals surface area (Å²) in [7, 11) is 1.90. The molecule has 3 amide bonds. The number of nitrogens with one attached hydrogen (secondary N) is 2. The number of nitrogens with two attached hydrogens (primary N) is 2. The van der Waals surface area contributed by atoms with Gasteiger partial charge in [-0.3, -0.25) is 4.79 Å². The van der Waals surface area contributed by atoms with Gasteiger partial charge in [-0.2, -0.15) is 0 Å². The van der Waals surface area contributed by atoms with E-state index in [0.717, 1.165) is 13.0 Å².